The first kappa shape index (κ1) is 14.1. The van der Waals surface area contributed by atoms with Gasteiger partial charge in [-0.1, -0.05) is 24.3 Å². The molecule has 3 nitrogen and oxygen atoms in total. The zero-order valence-corrected chi connectivity index (χ0v) is 12.6. The monoisotopic (exact) mass is 274 g/mol. The maximum atomic E-state index is 6.15. The van der Waals surface area contributed by atoms with Crippen molar-refractivity contribution in [1.29, 1.82) is 0 Å². The third kappa shape index (κ3) is 2.90. The number of likely N-dealkylation sites (N-methyl/N-ethyl adjacent to an activating group) is 1. The predicted molar refractivity (Wildman–Crippen MR) is 82.1 cm³/mol. The molecule has 20 heavy (non-hydrogen) atoms. The van der Waals surface area contributed by atoms with Gasteiger partial charge in [-0.15, -0.1) is 0 Å². The fraction of sp³-hybridized carbons (Fsp3) is 0.647. The van der Waals surface area contributed by atoms with Crippen LogP contribution in [0.2, 0.25) is 0 Å². The summed E-state index contributed by atoms with van der Waals surface area (Å²) in [5.41, 5.74) is 2.81. The Morgan fingerprint density at radius 2 is 2.25 bits per heavy atom. The zero-order valence-electron chi connectivity index (χ0n) is 12.6. The molecule has 2 aliphatic heterocycles. The summed E-state index contributed by atoms with van der Waals surface area (Å²) in [6.07, 6.45) is 4.01. The van der Waals surface area contributed by atoms with Crippen molar-refractivity contribution in [3.8, 4) is 0 Å². The van der Waals surface area contributed by atoms with Gasteiger partial charge in [0.2, 0.25) is 0 Å². The summed E-state index contributed by atoms with van der Waals surface area (Å²) in [7, 11) is 2.06. The maximum Gasteiger partial charge on any atom is 0.0858 e. The first-order valence-corrected chi connectivity index (χ1v) is 7.85. The van der Waals surface area contributed by atoms with Gasteiger partial charge in [0.1, 0.15) is 0 Å². The summed E-state index contributed by atoms with van der Waals surface area (Å²) >= 11 is 0. The molecule has 110 valence electrons. The van der Waals surface area contributed by atoms with E-state index in [-0.39, 0.29) is 0 Å². The molecule has 3 heteroatoms. The van der Waals surface area contributed by atoms with Crippen LogP contribution in [0.1, 0.15) is 24.0 Å². The molecule has 0 saturated carbocycles. The second-order valence-corrected chi connectivity index (χ2v) is 6.19. The Morgan fingerprint density at radius 3 is 3.05 bits per heavy atom. The molecule has 1 aromatic carbocycles. The van der Waals surface area contributed by atoms with E-state index in [1.54, 1.807) is 0 Å². The molecule has 0 aromatic heterocycles. The molecule has 0 aliphatic carbocycles. The minimum Gasteiger partial charge on any atom is -0.374 e. The molecular weight excluding hydrogens is 248 g/mol. The van der Waals surface area contributed by atoms with Crippen LogP contribution in [0.15, 0.2) is 24.3 Å². The molecule has 0 amide bonds. The van der Waals surface area contributed by atoms with Crippen LogP contribution in [0.4, 0.5) is 0 Å². The molecule has 2 fully saturated rings. The van der Waals surface area contributed by atoms with Crippen molar-refractivity contribution in [2.24, 2.45) is 0 Å². The standard InChI is InChI=1S/C17H26N2O/c1-13-6-3-4-7-14(13)10-16(18-2)17-11-19-9-5-8-15(19)12-20-17/h3-4,6-7,15-18H,5,8-12H2,1-2H3. The van der Waals surface area contributed by atoms with Crippen molar-refractivity contribution in [3.63, 3.8) is 0 Å². The first-order chi connectivity index (χ1) is 9.78. The van der Waals surface area contributed by atoms with Crippen LogP contribution in [-0.4, -0.2) is 49.8 Å². The third-order valence-corrected chi connectivity index (χ3v) is 4.94. The average molecular weight is 274 g/mol. The van der Waals surface area contributed by atoms with E-state index >= 15 is 0 Å². The van der Waals surface area contributed by atoms with E-state index in [4.69, 9.17) is 4.74 Å². The lowest BCUT2D eigenvalue weighted by molar-refractivity contribution is -0.0634. The molecule has 0 spiro atoms. The molecule has 0 radical (unpaired) electrons. The Bertz CT molecular complexity index is 448. The van der Waals surface area contributed by atoms with E-state index in [1.165, 1.54) is 30.5 Å². The second-order valence-electron chi connectivity index (χ2n) is 6.19. The zero-order chi connectivity index (χ0) is 13.9. The van der Waals surface area contributed by atoms with E-state index in [9.17, 15) is 0 Å². The quantitative estimate of drug-likeness (QED) is 0.909. The number of hydrogen-bond acceptors (Lipinski definition) is 3. The SMILES string of the molecule is CNC(Cc1ccccc1C)C1CN2CCCC2CO1. The number of nitrogens with zero attached hydrogens (tertiary/aromatic N) is 1. The number of aryl methyl sites for hydroxylation is 1. The molecule has 1 N–H and O–H groups in total. The van der Waals surface area contributed by atoms with E-state index in [0.717, 1.165) is 19.6 Å². The Labute approximate surface area is 122 Å². The smallest absolute Gasteiger partial charge is 0.0858 e. The normalized spacial score (nSPS) is 28.3. The van der Waals surface area contributed by atoms with Crippen molar-refractivity contribution in [2.45, 2.75) is 44.4 Å². The highest BCUT2D eigenvalue weighted by Crippen LogP contribution is 2.24. The topological polar surface area (TPSA) is 24.5 Å². The van der Waals surface area contributed by atoms with E-state index in [1.807, 2.05) is 0 Å². The summed E-state index contributed by atoms with van der Waals surface area (Å²) in [6.45, 7) is 5.45. The largest absolute Gasteiger partial charge is 0.374 e. The Hall–Kier alpha value is -0.900. The summed E-state index contributed by atoms with van der Waals surface area (Å²) < 4.78 is 6.15. The van der Waals surface area contributed by atoms with Crippen molar-refractivity contribution in [2.75, 3.05) is 26.7 Å². The highest BCUT2D eigenvalue weighted by Gasteiger charge is 2.35. The molecule has 3 unspecified atom stereocenters. The van der Waals surface area contributed by atoms with Crippen molar-refractivity contribution in [3.05, 3.63) is 35.4 Å². The summed E-state index contributed by atoms with van der Waals surface area (Å²) in [5, 5.41) is 3.48. The van der Waals surface area contributed by atoms with Crippen molar-refractivity contribution in [1.82, 2.24) is 10.2 Å². The third-order valence-electron chi connectivity index (χ3n) is 4.94. The molecule has 1 aromatic rings. The Kier molecular flexibility index (Phi) is 4.39. The van der Waals surface area contributed by atoms with Gasteiger partial charge in [0, 0.05) is 18.6 Å². The molecular formula is C17H26N2O. The lowest BCUT2D eigenvalue weighted by Gasteiger charge is -2.39. The van der Waals surface area contributed by atoms with Crippen LogP contribution in [0.3, 0.4) is 0 Å². The van der Waals surface area contributed by atoms with Gasteiger partial charge in [-0.2, -0.15) is 0 Å². The molecule has 0 bridgehead atoms. The van der Waals surface area contributed by atoms with Gasteiger partial charge in [-0.05, 0) is 50.9 Å². The van der Waals surface area contributed by atoms with Gasteiger partial charge >= 0.3 is 0 Å². The van der Waals surface area contributed by atoms with Gasteiger partial charge in [0.15, 0.2) is 0 Å². The average Bonchev–Trinajstić information content (AvgIpc) is 2.94. The first-order valence-electron chi connectivity index (χ1n) is 7.85. The van der Waals surface area contributed by atoms with Crippen LogP contribution < -0.4 is 5.32 Å². The van der Waals surface area contributed by atoms with E-state index in [2.05, 4.69) is 48.5 Å². The minimum absolute atomic E-state index is 0.314. The molecule has 2 heterocycles. The number of ether oxygens (including phenoxy) is 1. The Balaban J connectivity index is 1.66. The number of benzene rings is 1. The summed E-state index contributed by atoms with van der Waals surface area (Å²) in [4.78, 5) is 2.62. The number of morpholine rings is 1. The van der Waals surface area contributed by atoms with Crippen LogP contribution in [0.5, 0.6) is 0 Å². The minimum atomic E-state index is 0.314. The van der Waals surface area contributed by atoms with E-state index in [0.29, 0.717) is 18.2 Å². The van der Waals surface area contributed by atoms with Gasteiger partial charge < -0.3 is 10.1 Å². The number of nitrogens with one attached hydrogen (secondary N) is 1. The van der Waals surface area contributed by atoms with Gasteiger partial charge in [-0.25, -0.2) is 0 Å². The van der Waals surface area contributed by atoms with E-state index < -0.39 is 0 Å². The fourth-order valence-corrected chi connectivity index (χ4v) is 3.58. The highest BCUT2D eigenvalue weighted by molar-refractivity contribution is 5.26. The van der Waals surface area contributed by atoms with Gasteiger partial charge in [-0.3, -0.25) is 4.90 Å². The van der Waals surface area contributed by atoms with Crippen LogP contribution in [0.25, 0.3) is 0 Å². The van der Waals surface area contributed by atoms with Crippen molar-refractivity contribution < 1.29 is 4.74 Å². The molecule has 2 aliphatic rings. The summed E-state index contributed by atoms with van der Waals surface area (Å²) in [5.74, 6) is 0. The number of fused-ring (bicyclic) bond motifs is 1. The summed E-state index contributed by atoms with van der Waals surface area (Å²) in [6, 6.07) is 9.76. The van der Waals surface area contributed by atoms with Gasteiger partial charge in [0.05, 0.1) is 12.7 Å². The predicted octanol–water partition coefficient (Wildman–Crippen LogP) is 1.99. The number of hydrogen-bond donors (Lipinski definition) is 1. The van der Waals surface area contributed by atoms with Gasteiger partial charge in [0.25, 0.3) is 0 Å². The molecule has 3 rings (SSSR count). The maximum absolute atomic E-state index is 6.15. The van der Waals surface area contributed by atoms with Crippen LogP contribution in [-0.2, 0) is 11.2 Å². The van der Waals surface area contributed by atoms with Crippen LogP contribution in [0, 0.1) is 6.92 Å². The van der Waals surface area contributed by atoms with Crippen molar-refractivity contribution >= 4 is 0 Å². The lowest BCUT2D eigenvalue weighted by atomic mass is 9.96. The number of rotatable bonds is 4. The lowest BCUT2D eigenvalue weighted by Crippen LogP contribution is -2.54. The molecule has 2 saturated heterocycles. The second kappa shape index (κ2) is 6.25. The fourth-order valence-electron chi connectivity index (χ4n) is 3.58. The highest BCUT2D eigenvalue weighted by atomic mass is 16.5. The van der Waals surface area contributed by atoms with Crippen LogP contribution >= 0.6 is 0 Å². The molecule has 3 atom stereocenters. The Morgan fingerprint density at radius 1 is 1.40 bits per heavy atom.